The Kier molecular flexibility index (Phi) is 4.30. The summed E-state index contributed by atoms with van der Waals surface area (Å²) in [7, 11) is 1.82. The smallest absolute Gasteiger partial charge is 0.307 e. The van der Waals surface area contributed by atoms with Crippen LogP contribution in [0.5, 0.6) is 0 Å². The second kappa shape index (κ2) is 5.73. The molecule has 0 spiro atoms. The molecule has 0 fully saturated rings. The summed E-state index contributed by atoms with van der Waals surface area (Å²) in [6, 6.07) is 4.75. The van der Waals surface area contributed by atoms with Crippen LogP contribution in [0.1, 0.15) is 12.0 Å². The Morgan fingerprint density at radius 2 is 2.31 bits per heavy atom. The van der Waals surface area contributed by atoms with E-state index in [2.05, 4.69) is 17.2 Å². The van der Waals surface area contributed by atoms with Gasteiger partial charge in [-0.1, -0.05) is 17.9 Å². The fourth-order valence-corrected chi connectivity index (χ4v) is 1.21. The minimum absolute atomic E-state index is 0.112. The summed E-state index contributed by atoms with van der Waals surface area (Å²) < 4.78 is 0. The molecule has 0 aromatic heterocycles. The Morgan fingerprint density at radius 1 is 1.56 bits per heavy atom. The molecule has 5 heteroatoms. The van der Waals surface area contributed by atoms with E-state index in [1.807, 2.05) is 7.05 Å². The van der Waals surface area contributed by atoms with E-state index in [-0.39, 0.29) is 11.4 Å². The zero-order valence-electron chi connectivity index (χ0n) is 8.99. The van der Waals surface area contributed by atoms with Crippen LogP contribution in [0.25, 0.3) is 0 Å². The largest absolute Gasteiger partial charge is 0.393 e. The summed E-state index contributed by atoms with van der Waals surface area (Å²) in [5, 5.41) is 13.7. The Bertz CT molecular complexity index is 446. The Hall–Kier alpha value is -2.06. The monoisotopic (exact) mass is 219 g/mol. The molecule has 3 N–H and O–H groups in total. The van der Waals surface area contributed by atoms with Crippen molar-refractivity contribution in [2.75, 3.05) is 19.3 Å². The standard InChI is InChI=1S/C11H13N3O2/c1-13-8-3-2-5-9-6-4-7-10(12)11(9)14(15)16/h4,6-7,13H,3,8,12H2,1H3. The van der Waals surface area contributed by atoms with Crippen LogP contribution in [0, 0.1) is 22.0 Å². The first-order chi connectivity index (χ1) is 7.66. The zero-order valence-corrected chi connectivity index (χ0v) is 8.99. The number of anilines is 1. The fraction of sp³-hybridized carbons (Fsp3) is 0.273. The molecule has 0 bridgehead atoms. The lowest BCUT2D eigenvalue weighted by Gasteiger charge is -1.98. The number of nitro groups is 1. The van der Waals surface area contributed by atoms with Crippen LogP contribution in [-0.4, -0.2) is 18.5 Å². The van der Waals surface area contributed by atoms with Crippen molar-refractivity contribution in [3.63, 3.8) is 0 Å². The summed E-state index contributed by atoms with van der Waals surface area (Å²) >= 11 is 0. The van der Waals surface area contributed by atoms with Gasteiger partial charge in [0.05, 0.1) is 4.92 Å². The first kappa shape index (κ1) is 12.0. The zero-order chi connectivity index (χ0) is 12.0. The third-order valence-corrected chi connectivity index (χ3v) is 1.97. The summed E-state index contributed by atoms with van der Waals surface area (Å²) in [6.07, 6.45) is 0.641. The van der Waals surface area contributed by atoms with Gasteiger partial charge in [-0.2, -0.15) is 0 Å². The SMILES string of the molecule is CNCCC#Cc1cccc(N)c1[N+](=O)[O-]. The molecule has 0 amide bonds. The molecule has 0 saturated carbocycles. The summed E-state index contributed by atoms with van der Waals surface area (Å²) in [5.41, 5.74) is 5.93. The molecule has 0 aliphatic heterocycles. The van der Waals surface area contributed by atoms with Gasteiger partial charge in [-0.25, -0.2) is 0 Å². The molecule has 0 aliphatic carbocycles. The van der Waals surface area contributed by atoms with Crippen LogP contribution in [0.2, 0.25) is 0 Å². The molecule has 0 radical (unpaired) electrons. The van der Waals surface area contributed by atoms with Crippen molar-refractivity contribution in [3.8, 4) is 11.8 Å². The van der Waals surface area contributed by atoms with Crippen LogP contribution in [0.3, 0.4) is 0 Å². The number of benzene rings is 1. The maximum Gasteiger partial charge on any atom is 0.307 e. The first-order valence-electron chi connectivity index (χ1n) is 4.83. The number of nitrogen functional groups attached to an aromatic ring is 1. The van der Waals surface area contributed by atoms with E-state index in [1.54, 1.807) is 12.1 Å². The van der Waals surface area contributed by atoms with Crippen molar-refractivity contribution in [1.29, 1.82) is 0 Å². The number of hydrogen-bond donors (Lipinski definition) is 2. The predicted octanol–water partition coefficient (Wildman–Crippen LogP) is 1.14. The van der Waals surface area contributed by atoms with E-state index >= 15 is 0 Å². The molecule has 5 nitrogen and oxygen atoms in total. The molecule has 1 rings (SSSR count). The maximum absolute atomic E-state index is 10.8. The molecule has 0 saturated heterocycles. The van der Waals surface area contributed by atoms with E-state index in [0.29, 0.717) is 12.0 Å². The molecule has 0 aliphatic rings. The van der Waals surface area contributed by atoms with Gasteiger partial charge in [0.15, 0.2) is 0 Å². The minimum Gasteiger partial charge on any atom is -0.393 e. The highest BCUT2D eigenvalue weighted by atomic mass is 16.6. The number of rotatable bonds is 3. The summed E-state index contributed by atoms with van der Waals surface area (Å²) in [6.45, 7) is 0.753. The second-order valence-electron chi connectivity index (χ2n) is 3.16. The van der Waals surface area contributed by atoms with Crippen LogP contribution in [0.4, 0.5) is 11.4 Å². The molecule has 0 heterocycles. The quantitative estimate of drug-likeness (QED) is 0.262. The van der Waals surface area contributed by atoms with Gasteiger partial charge in [0.1, 0.15) is 11.3 Å². The molecule has 1 aromatic rings. The van der Waals surface area contributed by atoms with Gasteiger partial charge < -0.3 is 11.1 Å². The normalized spacial score (nSPS) is 9.31. The van der Waals surface area contributed by atoms with Gasteiger partial charge >= 0.3 is 5.69 Å². The number of nitrogens with one attached hydrogen (secondary N) is 1. The van der Waals surface area contributed by atoms with Gasteiger partial charge in [-0.05, 0) is 19.2 Å². The number of nitrogens with two attached hydrogens (primary N) is 1. The minimum atomic E-state index is -0.503. The third kappa shape index (κ3) is 2.97. The van der Waals surface area contributed by atoms with Crippen LogP contribution < -0.4 is 11.1 Å². The van der Waals surface area contributed by atoms with E-state index in [0.717, 1.165) is 6.54 Å². The van der Waals surface area contributed by atoms with Gasteiger partial charge in [0, 0.05) is 13.0 Å². The molecule has 16 heavy (non-hydrogen) atoms. The second-order valence-corrected chi connectivity index (χ2v) is 3.16. The van der Waals surface area contributed by atoms with Gasteiger partial charge in [0.2, 0.25) is 0 Å². The highest BCUT2D eigenvalue weighted by Gasteiger charge is 2.15. The first-order valence-corrected chi connectivity index (χ1v) is 4.83. The fourth-order valence-electron chi connectivity index (χ4n) is 1.21. The van der Waals surface area contributed by atoms with Gasteiger partial charge in [-0.15, -0.1) is 0 Å². The number of para-hydroxylation sites is 1. The van der Waals surface area contributed by atoms with Crippen LogP contribution in [-0.2, 0) is 0 Å². The lowest BCUT2D eigenvalue weighted by molar-refractivity contribution is -0.384. The van der Waals surface area contributed by atoms with Crippen molar-refractivity contribution in [2.45, 2.75) is 6.42 Å². The predicted molar refractivity (Wildman–Crippen MR) is 62.9 cm³/mol. The van der Waals surface area contributed by atoms with E-state index in [4.69, 9.17) is 5.73 Å². The molecule has 0 atom stereocenters. The molecule has 1 aromatic carbocycles. The number of nitro benzene ring substituents is 1. The Morgan fingerprint density at radius 3 is 2.94 bits per heavy atom. The van der Waals surface area contributed by atoms with E-state index in [9.17, 15) is 10.1 Å². The molecule has 84 valence electrons. The van der Waals surface area contributed by atoms with Crippen molar-refractivity contribution < 1.29 is 4.92 Å². The lowest BCUT2D eigenvalue weighted by Crippen LogP contribution is -2.06. The third-order valence-electron chi connectivity index (χ3n) is 1.97. The Balaban J connectivity index is 2.98. The summed E-state index contributed by atoms with van der Waals surface area (Å²) in [4.78, 5) is 10.3. The number of nitrogens with zero attached hydrogens (tertiary/aromatic N) is 1. The van der Waals surface area contributed by atoms with Crippen LogP contribution >= 0.6 is 0 Å². The average molecular weight is 219 g/mol. The highest BCUT2D eigenvalue weighted by Crippen LogP contribution is 2.24. The average Bonchev–Trinajstić information content (AvgIpc) is 2.24. The van der Waals surface area contributed by atoms with Crippen molar-refractivity contribution in [3.05, 3.63) is 33.9 Å². The molecular formula is C11H13N3O2. The maximum atomic E-state index is 10.8. The van der Waals surface area contributed by atoms with Crippen LogP contribution in [0.15, 0.2) is 18.2 Å². The Labute approximate surface area is 93.8 Å². The summed E-state index contributed by atoms with van der Waals surface area (Å²) in [5.74, 6) is 5.61. The lowest BCUT2D eigenvalue weighted by atomic mass is 10.1. The van der Waals surface area contributed by atoms with E-state index in [1.165, 1.54) is 6.07 Å². The number of hydrogen-bond acceptors (Lipinski definition) is 4. The van der Waals surface area contributed by atoms with Crippen molar-refractivity contribution >= 4 is 11.4 Å². The van der Waals surface area contributed by atoms with Gasteiger partial charge in [-0.3, -0.25) is 10.1 Å². The van der Waals surface area contributed by atoms with Crippen molar-refractivity contribution in [1.82, 2.24) is 5.32 Å². The molecular weight excluding hydrogens is 206 g/mol. The van der Waals surface area contributed by atoms with Crippen molar-refractivity contribution in [2.24, 2.45) is 0 Å². The highest BCUT2D eigenvalue weighted by molar-refractivity contribution is 5.66. The van der Waals surface area contributed by atoms with E-state index < -0.39 is 4.92 Å². The van der Waals surface area contributed by atoms with Gasteiger partial charge in [0.25, 0.3) is 0 Å². The molecule has 0 unspecified atom stereocenters. The topological polar surface area (TPSA) is 81.2 Å².